The Labute approximate surface area is 267 Å². The molecule has 0 bridgehead atoms. The number of carbonyl (C=O) groups excluding carboxylic acids is 1. The number of nitrogens with one attached hydrogen (secondary N) is 1. The summed E-state index contributed by atoms with van der Waals surface area (Å²) in [6.07, 6.45) is 2.86. The number of alkyl halides is 3. The number of ether oxygens (including phenoxy) is 2. The first-order valence-electron chi connectivity index (χ1n) is 13.7. The number of pyridine rings is 3. The largest absolute Gasteiger partial charge is 0.434 e. The average Bonchev–Trinajstić information content (AvgIpc) is 3.75. The van der Waals surface area contributed by atoms with Crippen molar-refractivity contribution in [2.75, 3.05) is 6.61 Å². The molecule has 1 aliphatic heterocycles. The van der Waals surface area contributed by atoms with Gasteiger partial charge in [0.2, 0.25) is 17.1 Å². The Morgan fingerprint density at radius 2 is 1.79 bits per heavy atom. The molecule has 0 spiro atoms. The van der Waals surface area contributed by atoms with Crippen molar-refractivity contribution in [2.45, 2.75) is 54.0 Å². The molecule has 2 aliphatic rings. The van der Waals surface area contributed by atoms with Crippen LogP contribution in [0.25, 0.3) is 22.3 Å². The molecule has 3 aromatic heterocycles. The number of halogens is 4. The minimum absolute atomic E-state index is 0.0532. The molecule has 6 rings (SSSR count). The van der Waals surface area contributed by atoms with E-state index in [4.69, 9.17) is 12.6 Å². The summed E-state index contributed by atoms with van der Waals surface area (Å²) < 4.78 is 73.0. The highest BCUT2D eigenvalue weighted by atomic mass is 32.2. The lowest BCUT2D eigenvalue weighted by atomic mass is 9.92. The van der Waals surface area contributed by atoms with E-state index in [1.165, 1.54) is 24.4 Å². The summed E-state index contributed by atoms with van der Waals surface area (Å²) in [5, 5.41) is 40.7. The van der Waals surface area contributed by atoms with Crippen LogP contribution in [0.4, 0.5) is 17.6 Å². The van der Waals surface area contributed by atoms with Crippen molar-refractivity contribution in [3.05, 3.63) is 77.5 Å². The summed E-state index contributed by atoms with van der Waals surface area (Å²) in [6.45, 7) is -0.767. The van der Waals surface area contributed by atoms with Gasteiger partial charge in [0.1, 0.15) is 11.6 Å². The van der Waals surface area contributed by atoms with Crippen LogP contribution in [0.2, 0.25) is 0 Å². The fraction of sp³-hybridized carbons (Fsp3) is 0.310. The van der Waals surface area contributed by atoms with Gasteiger partial charge in [0, 0.05) is 35.6 Å². The van der Waals surface area contributed by atoms with E-state index in [1.807, 2.05) is 0 Å². The zero-order valence-electron chi connectivity index (χ0n) is 24.1. The number of aromatic nitrogens is 3. The quantitative estimate of drug-likeness (QED) is 0.110. The molecule has 1 aromatic carbocycles. The molecule has 1 fully saturated rings. The van der Waals surface area contributed by atoms with E-state index in [2.05, 4.69) is 25.0 Å². The van der Waals surface area contributed by atoms with Gasteiger partial charge < -0.3 is 35.2 Å². The molecule has 1 amide bonds. The van der Waals surface area contributed by atoms with Crippen LogP contribution in [0, 0.1) is 5.82 Å². The first kappa shape index (κ1) is 34.3. The van der Waals surface area contributed by atoms with Gasteiger partial charge in [0.15, 0.2) is 7.85 Å². The molecule has 4 heterocycles. The van der Waals surface area contributed by atoms with Gasteiger partial charge in [-0.05, 0) is 42.5 Å². The Morgan fingerprint density at radius 1 is 1.09 bits per heavy atom. The van der Waals surface area contributed by atoms with Crippen molar-refractivity contribution in [2.24, 2.45) is 0 Å². The Kier molecular flexibility index (Phi) is 9.63. The van der Waals surface area contributed by atoms with Gasteiger partial charge in [0.25, 0.3) is 5.91 Å². The van der Waals surface area contributed by atoms with E-state index in [1.54, 1.807) is 18.2 Å². The number of aliphatic hydroxyl groups is 4. The molecular weight excluding hydrogens is 651 g/mol. The first-order valence-corrected chi connectivity index (χ1v) is 14.9. The minimum atomic E-state index is -3.51. The number of carbonyl (C=O) groups is 1. The standard InChI is InChI=1S/C26H21BF2N4O8S.C3H4F2/c27-25(35,36)26(37,38)41-16-2-4-19(31-10-16)20-3-1-13-8-30-15(7-21(13)33-20)9-32-24(34)14-5-18(28)17-11-40-12-23(29)42(39)22(17)6-14;4-3(5)1-2-3/h1-8,10,23,35-38H,9,11-12H2,(H,32,34);1-2H2. The monoisotopic (exact) mass is 676 g/mol. The third-order valence-electron chi connectivity index (χ3n) is 6.79. The molecule has 246 valence electrons. The molecular formula is C29H25BF4N4O8S. The number of fused-ring (bicyclic) bond motifs is 2. The van der Waals surface area contributed by atoms with Gasteiger partial charge in [0.05, 0.1) is 64.2 Å². The van der Waals surface area contributed by atoms with E-state index in [0.717, 1.165) is 12.3 Å². The van der Waals surface area contributed by atoms with E-state index in [-0.39, 0.29) is 47.8 Å². The zero-order valence-corrected chi connectivity index (χ0v) is 24.9. The Morgan fingerprint density at radius 3 is 2.43 bits per heavy atom. The number of hydrogen-bond donors (Lipinski definition) is 5. The Balaban J connectivity index is 0.000000792. The van der Waals surface area contributed by atoms with Crippen molar-refractivity contribution in [1.82, 2.24) is 20.3 Å². The maximum Gasteiger partial charge on any atom is 0.368 e. The molecule has 0 saturated heterocycles. The first-order chi connectivity index (χ1) is 22.0. The van der Waals surface area contributed by atoms with Crippen LogP contribution in [-0.4, -0.2) is 83.0 Å². The predicted octanol–water partition coefficient (Wildman–Crippen LogP) is 1.93. The summed E-state index contributed by atoms with van der Waals surface area (Å²) in [5.41, 5.74) is -3.82. The fourth-order valence-corrected chi connectivity index (χ4v) is 5.15. The van der Waals surface area contributed by atoms with Gasteiger partial charge in [-0.25, -0.2) is 22.5 Å². The second-order valence-electron chi connectivity index (χ2n) is 10.6. The minimum Gasteiger partial charge on any atom is -0.434 e. The smallest absolute Gasteiger partial charge is 0.368 e. The van der Waals surface area contributed by atoms with Crippen LogP contribution in [0.1, 0.15) is 34.5 Å². The van der Waals surface area contributed by atoms with Crippen molar-refractivity contribution >= 4 is 35.5 Å². The summed E-state index contributed by atoms with van der Waals surface area (Å²) in [5.74, 6) is -7.50. The molecule has 2 radical (unpaired) electrons. The topological polar surface area (TPSA) is 184 Å². The van der Waals surface area contributed by atoms with E-state index < -0.39 is 52.2 Å². The highest BCUT2D eigenvalue weighted by Gasteiger charge is 2.45. The number of benzene rings is 1. The van der Waals surface area contributed by atoms with Crippen molar-refractivity contribution in [1.29, 1.82) is 0 Å². The maximum absolute atomic E-state index is 14.6. The van der Waals surface area contributed by atoms with Crippen LogP contribution in [0.5, 0.6) is 5.75 Å². The fourth-order valence-electron chi connectivity index (χ4n) is 4.01. The Bertz CT molecular complexity index is 1820. The molecule has 47 heavy (non-hydrogen) atoms. The lowest BCUT2D eigenvalue weighted by Gasteiger charge is -2.31. The highest BCUT2D eigenvalue weighted by molar-refractivity contribution is 7.85. The summed E-state index contributed by atoms with van der Waals surface area (Å²) >= 11 is 0. The summed E-state index contributed by atoms with van der Waals surface area (Å²) in [7, 11) is 2.65. The second-order valence-corrected chi connectivity index (χ2v) is 12.1. The SMILES string of the molecule is FC1(F)CC1.[B]C(O)(O)C(O)(O)Oc1ccc(-c2ccc3cnc(CNC(=O)c4cc(F)c5c(c4)S(=O)C(F)COC5)cc3n2)nc1. The van der Waals surface area contributed by atoms with Crippen LogP contribution in [0.15, 0.2) is 59.8 Å². The van der Waals surface area contributed by atoms with Crippen LogP contribution in [-0.2, 0) is 28.7 Å². The molecule has 5 N–H and O–H groups in total. The van der Waals surface area contributed by atoms with E-state index >= 15 is 0 Å². The molecule has 2 atom stereocenters. The number of amides is 1. The predicted molar refractivity (Wildman–Crippen MR) is 156 cm³/mol. The van der Waals surface area contributed by atoms with Gasteiger partial charge >= 0.3 is 5.97 Å². The van der Waals surface area contributed by atoms with Crippen molar-refractivity contribution in [3.63, 3.8) is 0 Å². The zero-order chi connectivity index (χ0) is 34.1. The lowest BCUT2D eigenvalue weighted by Crippen LogP contribution is -2.58. The number of nitrogens with zero attached hydrogens (tertiary/aromatic N) is 3. The highest BCUT2D eigenvalue weighted by Crippen LogP contribution is 2.40. The third kappa shape index (κ3) is 8.27. The van der Waals surface area contributed by atoms with Gasteiger partial charge in [-0.1, -0.05) is 0 Å². The van der Waals surface area contributed by atoms with Crippen molar-refractivity contribution in [3.8, 4) is 17.1 Å². The molecule has 12 nitrogen and oxygen atoms in total. The lowest BCUT2D eigenvalue weighted by molar-refractivity contribution is -0.401. The van der Waals surface area contributed by atoms with Gasteiger partial charge in [-0.3, -0.25) is 19.0 Å². The van der Waals surface area contributed by atoms with Crippen LogP contribution in [0.3, 0.4) is 0 Å². The maximum atomic E-state index is 14.6. The summed E-state index contributed by atoms with van der Waals surface area (Å²) in [6, 6.07) is 9.87. The second kappa shape index (κ2) is 13.2. The summed E-state index contributed by atoms with van der Waals surface area (Å²) in [4.78, 5) is 25.6. The number of hydrogen-bond acceptors (Lipinski definition) is 11. The third-order valence-corrected chi connectivity index (χ3v) is 8.19. The molecule has 1 saturated carbocycles. The molecule has 18 heteroatoms. The molecule has 1 aliphatic carbocycles. The van der Waals surface area contributed by atoms with E-state index in [9.17, 15) is 47.0 Å². The van der Waals surface area contributed by atoms with Crippen LogP contribution < -0.4 is 10.1 Å². The Hall–Kier alpha value is -4.07. The average molecular weight is 676 g/mol. The van der Waals surface area contributed by atoms with Gasteiger partial charge in [-0.15, -0.1) is 0 Å². The molecule has 2 unspecified atom stereocenters. The normalized spacial score (nSPS) is 18.7. The van der Waals surface area contributed by atoms with Crippen LogP contribution >= 0.6 is 0 Å². The van der Waals surface area contributed by atoms with Gasteiger partial charge in [-0.2, -0.15) is 0 Å². The van der Waals surface area contributed by atoms with E-state index in [0.29, 0.717) is 28.0 Å². The molecule has 4 aromatic rings. The number of rotatable bonds is 7. The van der Waals surface area contributed by atoms with Crippen molar-refractivity contribution < 1.29 is 56.5 Å².